The molecule has 26 heavy (non-hydrogen) atoms. The minimum atomic E-state index is -0.236. The molecule has 0 unspecified atom stereocenters. The molecule has 0 saturated heterocycles. The third kappa shape index (κ3) is 2.71. The van der Waals surface area contributed by atoms with E-state index in [-0.39, 0.29) is 5.82 Å². The topological polar surface area (TPSA) is 30.7 Å². The largest absolute Gasteiger partial charge is 0.218 e. The van der Waals surface area contributed by atoms with Gasteiger partial charge in [-0.3, -0.25) is 0 Å². The lowest BCUT2D eigenvalue weighted by Gasteiger charge is -2.17. The Morgan fingerprint density at radius 3 is 2.81 bits per heavy atom. The summed E-state index contributed by atoms with van der Waals surface area (Å²) in [6, 6.07) is 13.0. The SMILES string of the molecule is Fc1ccc2c(c1)-c1c(cnn1-c1nc(-c3ccc(Br)cc3)cs1)CS2. The average Bonchev–Trinajstić information content (AvgIpc) is 3.29. The van der Waals surface area contributed by atoms with E-state index in [4.69, 9.17) is 4.98 Å². The maximum atomic E-state index is 13.8. The Bertz CT molecular complexity index is 1120. The van der Waals surface area contributed by atoms with Crippen molar-refractivity contribution in [2.75, 3.05) is 0 Å². The number of thiazole rings is 1. The maximum Gasteiger partial charge on any atom is 0.211 e. The molecule has 0 radical (unpaired) electrons. The third-order valence-electron chi connectivity index (χ3n) is 4.24. The van der Waals surface area contributed by atoms with Crippen molar-refractivity contribution < 1.29 is 4.39 Å². The first-order valence-corrected chi connectivity index (χ1v) is 10.6. The molecule has 2 aromatic carbocycles. The summed E-state index contributed by atoms with van der Waals surface area (Å²) in [5.74, 6) is 0.596. The Morgan fingerprint density at radius 1 is 1.12 bits per heavy atom. The van der Waals surface area contributed by atoms with Crippen molar-refractivity contribution in [2.45, 2.75) is 10.6 Å². The quantitative estimate of drug-likeness (QED) is 0.371. The van der Waals surface area contributed by atoms with Gasteiger partial charge >= 0.3 is 0 Å². The van der Waals surface area contributed by atoms with E-state index >= 15 is 0 Å². The van der Waals surface area contributed by atoms with Crippen LogP contribution < -0.4 is 0 Å². The highest BCUT2D eigenvalue weighted by Gasteiger charge is 2.24. The van der Waals surface area contributed by atoms with Crippen LogP contribution >= 0.6 is 39.0 Å². The van der Waals surface area contributed by atoms with E-state index in [2.05, 4.69) is 21.0 Å². The number of benzene rings is 2. The van der Waals surface area contributed by atoms with Gasteiger partial charge in [-0.2, -0.15) is 5.10 Å². The van der Waals surface area contributed by atoms with Crippen LogP contribution in [0.25, 0.3) is 27.6 Å². The molecule has 0 bridgehead atoms. The lowest BCUT2D eigenvalue weighted by atomic mass is 10.1. The Labute approximate surface area is 166 Å². The summed E-state index contributed by atoms with van der Waals surface area (Å²) in [6.07, 6.45) is 1.86. The van der Waals surface area contributed by atoms with Gasteiger partial charge in [-0.05, 0) is 30.3 Å². The van der Waals surface area contributed by atoms with Gasteiger partial charge in [-0.15, -0.1) is 23.1 Å². The van der Waals surface area contributed by atoms with Crippen molar-refractivity contribution in [3.8, 4) is 27.6 Å². The van der Waals surface area contributed by atoms with Gasteiger partial charge < -0.3 is 0 Å². The first kappa shape index (κ1) is 16.2. The van der Waals surface area contributed by atoms with E-state index in [1.165, 1.54) is 17.4 Å². The second-order valence-corrected chi connectivity index (χ2v) is 8.65. The highest BCUT2D eigenvalue weighted by atomic mass is 79.9. The van der Waals surface area contributed by atoms with E-state index in [1.54, 1.807) is 17.8 Å². The Kier molecular flexibility index (Phi) is 3.95. The van der Waals surface area contributed by atoms with Gasteiger partial charge in [-0.25, -0.2) is 14.1 Å². The lowest BCUT2D eigenvalue weighted by molar-refractivity contribution is 0.627. The van der Waals surface area contributed by atoms with Gasteiger partial charge in [-0.1, -0.05) is 28.1 Å². The molecule has 0 fully saturated rings. The normalized spacial score (nSPS) is 12.7. The highest BCUT2D eigenvalue weighted by Crippen LogP contribution is 2.43. The molecule has 0 N–H and O–H groups in total. The van der Waals surface area contributed by atoms with E-state index in [0.717, 1.165) is 48.3 Å². The molecule has 3 heterocycles. The molecule has 7 heteroatoms. The van der Waals surface area contributed by atoms with Gasteiger partial charge in [0.2, 0.25) is 5.13 Å². The zero-order valence-electron chi connectivity index (χ0n) is 13.3. The smallest absolute Gasteiger partial charge is 0.211 e. The van der Waals surface area contributed by atoms with Crippen molar-refractivity contribution in [2.24, 2.45) is 0 Å². The molecule has 4 aromatic rings. The lowest BCUT2D eigenvalue weighted by Crippen LogP contribution is -2.03. The van der Waals surface area contributed by atoms with Crippen molar-refractivity contribution in [1.82, 2.24) is 14.8 Å². The molecule has 1 aliphatic rings. The maximum absolute atomic E-state index is 13.8. The van der Waals surface area contributed by atoms with Gasteiger partial charge in [0, 0.05) is 37.2 Å². The highest BCUT2D eigenvalue weighted by molar-refractivity contribution is 9.10. The van der Waals surface area contributed by atoms with E-state index in [1.807, 2.05) is 46.6 Å². The number of hydrogen-bond donors (Lipinski definition) is 0. The van der Waals surface area contributed by atoms with Crippen molar-refractivity contribution in [3.05, 3.63) is 69.9 Å². The van der Waals surface area contributed by atoms with Crippen LogP contribution in [0.1, 0.15) is 5.56 Å². The summed E-state index contributed by atoms with van der Waals surface area (Å²) in [5.41, 5.74) is 4.89. The standard InChI is InChI=1S/C19H11BrFN3S2/c20-13-3-1-11(2-4-13)16-10-26-19(23-16)24-18-12(8-22-24)9-25-17-6-5-14(21)7-15(17)18/h1-8,10H,9H2. The zero-order valence-corrected chi connectivity index (χ0v) is 16.5. The van der Waals surface area contributed by atoms with Crippen LogP contribution in [0.15, 0.2) is 63.4 Å². The number of aromatic nitrogens is 3. The molecular formula is C19H11BrFN3S2. The average molecular weight is 444 g/mol. The van der Waals surface area contributed by atoms with Crippen LogP contribution in [-0.4, -0.2) is 14.8 Å². The predicted molar refractivity (Wildman–Crippen MR) is 107 cm³/mol. The van der Waals surface area contributed by atoms with Crippen LogP contribution in [0.5, 0.6) is 0 Å². The van der Waals surface area contributed by atoms with Crippen molar-refractivity contribution in [1.29, 1.82) is 0 Å². The summed E-state index contributed by atoms with van der Waals surface area (Å²) < 4.78 is 16.7. The molecule has 0 aliphatic carbocycles. The molecule has 0 atom stereocenters. The van der Waals surface area contributed by atoms with E-state index in [9.17, 15) is 4.39 Å². The fourth-order valence-electron chi connectivity index (χ4n) is 3.00. The summed E-state index contributed by atoms with van der Waals surface area (Å²) >= 11 is 6.70. The second-order valence-electron chi connectivity index (χ2n) is 5.88. The van der Waals surface area contributed by atoms with Gasteiger partial charge in [0.1, 0.15) is 5.82 Å². The predicted octanol–water partition coefficient (Wildman–Crippen LogP) is 6.17. The minimum Gasteiger partial charge on any atom is -0.218 e. The Balaban J connectivity index is 1.61. The van der Waals surface area contributed by atoms with Crippen LogP contribution in [0.2, 0.25) is 0 Å². The summed E-state index contributed by atoms with van der Waals surface area (Å²) in [4.78, 5) is 5.83. The van der Waals surface area contributed by atoms with E-state index in [0.29, 0.717) is 0 Å². The molecule has 0 spiro atoms. The summed E-state index contributed by atoms with van der Waals surface area (Å²) in [5, 5.41) is 7.35. The fourth-order valence-corrected chi connectivity index (χ4v) is 5.06. The van der Waals surface area contributed by atoms with Gasteiger partial charge in [0.15, 0.2) is 0 Å². The molecule has 0 saturated carbocycles. The Morgan fingerprint density at radius 2 is 1.96 bits per heavy atom. The Hall–Kier alpha value is -1.96. The molecule has 0 amide bonds. The summed E-state index contributed by atoms with van der Waals surface area (Å²) in [7, 11) is 0. The van der Waals surface area contributed by atoms with Gasteiger partial charge in [0.05, 0.1) is 17.6 Å². The van der Waals surface area contributed by atoms with Crippen LogP contribution in [0.4, 0.5) is 4.39 Å². The first-order valence-electron chi connectivity index (χ1n) is 7.90. The number of hydrogen-bond acceptors (Lipinski definition) is 4. The molecular weight excluding hydrogens is 433 g/mol. The first-order chi connectivity index (χ1) is 12.7. The number of nitrogens with zero attached hydrogens (tertiary/aromatic N) is 3. The number of thioether (sulfide) groups is 1. The number of halogens is 2. The number of rotatable bonds is 2. The molecule has 3 nitrogen and oxygen atoms in total. The van der Waals surface area contributed by atoms with E-state index < -0.39 is 0 Å². The van der Waals surface area contributed by atoms with Crippen molar-refractivity contribution in [3.63, 3.8) is 0 Å². The zero-order chi connectivity index (χ0) is 17.7. The second kappa shape index (κ2) is 6.33. The molecule has 5 rings (SSSR count). The monoisotopic (exact) mass is 443 g/mol. The summed E-state index contributed by atoms with van der Waals surface area (Å²) in [6.45, 7) is 0. The third-order valence-corrected chi connectivity index (χ3v) is 6.71. The number of fused-ring (bicyclic) bond motifs is 3. The van der Waals surface area contributed by atoms with Crippen LogP contribution in [-0.2, 0) is 5.75 Å². The van der Waals surface area contributed by atoms with Crippen molar-refractivity contribution >= 4 is 39.0 Å². The molecule has 128 valence electrons. The minimum absolute atomic E-state index is 0.236. The fraction of sp³-hybridized carbons (Fsp3) is 0.0526. The van der Waals surface area contributed by atoms with Crippen LogP contribution in [0, 0.1) is 5.82 Å². The van der Waals surface area contributed by atoms with Crippen LogP contribution in [0.3, 0.4) is 0 Å². The molecule has 1 aliphatic heterocycles. The molecule has 2 aromatic heterocycles. The van der Waals surface area contributed by atoms with Gasteiger partial charge in [0.25, 0.3) is 0 Å².